The molecule has 0 saturated heterocycles. The summed E-state index contributed by atoms with van der Waals surface area (Å²) in [7, 11) is 1.20. The highest BCUT2D eigenvalue weighted by Crippen LogP contribution is 2.38. The van der Waals surface area contributed by atoms with Crippen molar-refractivity contribution in [2.24, 2.45) is 0 Å². The lowest BCUT2D eigenvalue weighted by Crippen LogP contribution is -2.47. The lowest BCUT2D eigenvalue weighted by molar-refractivity contribution is -0.870. The van der Waals surface area contributed by atoms with E-state index < -0.39 is 20.0 Å². The summed E-state index contributed by atoms with van der Waals surface area (Å²) in [5.41, 5.74) is 0. The van der Waals surface area contributed by atoms with Gasteiger partial charge in [-0.25, -0.2) is 0 Å². The number of carbonyl (C=O) groups is 2. The topological polar surface area (TPSA) is 114 Å². The Kier molecular flexibility index (Phi) is 51.8. The van der Waals surface area contributed by atoms with Gasteiger partial charge in [-0.3, -0.25) is 14.2 Å². The highest BCUT2D eigenvalue weighted by Gasteiger charge is 2.27. The van der Waals surface area contributed by atoms with Crippen LogP contribution in [0.2, 0.25) is 0 Å². The zero-order valence-corrected chi connectivity index (χ0v) is 49.6. The van der Waals surface area contributed by atoms with Crippen LogP contribution >= 0.6 is 7.82 Å². The second-order valence-corrected chi connectivity index (χ2v) is 24.0. The summed E-state index contributed by atoms with van der Waals surface area (Å²) in [5, 5.41) is 3.03. The maximum Gasteiger partial charge on any atom is 0.306 e. The van der Waals surface area contributed by atoms with Gasteiger partial charge >= 0.3 is 5.97 Å². The quantitative estimate of drug-likeness (QED) is 0.0212. The van der Waals surface area contributed by atoms with Crippen molar-refractivity contribution in [3.05, 3.63) is 24.3 Å². The largest absolute Gasteiger partial charge is 0.756 e. The number of hydrogen-bond donors (Lipinski definition) is 1. The molecule has 0 aliphatic heterocycles. The van der Waals surface area contributed by atoms with Crippen molar-refractivity contribution in [3.8, 4) is 0 Å². The SMILES string of the molecule is CCCCCCCC/C=C/CCCCCCCCCCCC(=O)OC(/C=C/CCCCCCCCCCCCC)C(COP(=O)([O-])OCC[N+](C)(C)C)NC(=O)CCCCCCCCCCCCCCCC. The molecule has 0 bridgehead atoms. The molecule has 0 rings (SSSR count). The van der Waals surface area contributed by atoms with Gasteiger partial charge in [-0.05, 0) is 57.4 Å². The van der Waals surface area contributed by atoms with Gasteiger partial charge in [0.25, 0.3) is 7.82 Å². The summed E-state index contributed by atoms with van der Waals surface area (Å²) in [6.45, 7) is 6.88. The average Bonchev–Trinajstić information content (AvgIpc) is 3.34. The molecule has 0 aliphatic carbocycles. The van der Waals surface area contributed by atoms with E-state index in [1.165, 1.54) is 218 Å². The van der Waals surface area contributed by atoms with Crippen molar-refractivity contribution in [1.29, 1.82) is 0 Å². The Morgan fingerprint density at radius 1 is 0.472 bits per heavy atom. The normalized spacial score (nSPS) is 13.8. The van der Waals surface area contributed by atoms with Gasteiger partial charge in [-0.2, -0.15) is 0 Å². The number of nitrogens with one attached hydrogen (secondary N) is 1. The number of unbranched alkanes of at least 4 members (excludes halogenated alkanes) is 39. The van der Waals surface area contributed by atoms with Gasteiger partial charge in [-0.15, -0.1) is 0 Å². The molecule has 0 fully saturated rings. The zero-order chi connectivity index (χ0) is 52.9. The van der Waals surface area contributed by atoms with Crippen LogP contribution in [0.3, 0.4) is 0 Å². The zero-order valence-electron chi connectivity index (χ0n) is 48.7. The Morgan fingerprint density at radius 3 is 1.18 bits per heavy atom. The van der Waals surface area contributed by atoms with E-state index >= 15 is 0 Å². The van der Waals surface area contributed by atoms with Gasteiger partial charge < -0.3 is 28.5 Å². The number of nitrogens with zero attached hydrogens (tertiary/aromatic N) is 1. The van der Waals surface area contributed by atoms with Crippen LogP contribution in [0.4, 0.5) is 0 Å². The van der Waals surface area contributed by atoms with E-state index in [0.29, 0.717) is 17.4 Å². The van der Waals surface area contributed by atoms with Crippen molar-refractivity contribution in [2.45, 2.75) is 322 Å². The van der Waals surface area contributed by atoms with Crippen LogP contribution in [0.1, 0.15) is 310 Å². The average molecular weight is 1040 g/mol. The number of esters is 1. The van der Waals surface area contributed by atoms with E-state index in [2.05, 4.69) is 38.2 Å². The van der Waals surface area contributed by atoms with Gasteiger partial charge in [0.05, 0.1) is 33.8 Å². The first-order chi connectivity index (χ1) is 34.9. The summed E-state index contributed by atoms with van der Waals surface area (Å²) in [4.78, 5) is 40.0. The van der Waals surface area contributed by atoms with Crippen molar-refractivity contribution in [1.82, 2.24) is 5.32 Å². The fraction of sp³-hybridized carbons (Fsp3) is 0.903. The molecule has 0 radical (unpaired) electrons. The molecule has 0 heterocycles. The predicted molar refractivity (Wildman–Crippen MR) is 307 cm³/mol. The van der Waals surface area contributed by atoms with E-state index in [-0.39, 0.29) is 31.5 Å². The second kappa shape index (κ2) is 52.9. The molecule has 1 amide bonds. The lowest BCUT2D eigenvalue weighted by atomic mass is 10.0. The third kappa shape index (κ3) is 53.3. The van der Waals surface area contributed by atoms with E-state index in [1.807, 2.05) is 33.3 Å². The van der Waals surface area contributed by atoms with Crippen LogP contribution in [-0.2, 0) is 27.9 Å². The van der Waals surface area contributed by atoms with Crippen molar-refractivity contribution in [3.63, 3.8) is 0 Å². The van der Waals surface area contributed by atoms with E-state index in [1.54, 1.807) is 0 Å². The summed E-state index contributed by atoms with van der Waals surface area (Å²) < 4.78 is 30.3. The lowest BCUT2D eigenvalue weighted by Gasteiger charge is -2.30. The minimum atomic E-state index is -4.69. The van der Waals surface area contributed by atoms with Crippen LogP contribution in [0, 0.1) is 0 Å². The summed E-state index contributed by atoms with van der Waals surface area (Å²) in [6.07, 6.45) is 61.3. The molecule has 3 atom stereocenters. The molecular weight excluding hydrogens is 916 g/mol. The molecule has 1 N–H and O–H groups in total. The third-order valence-corrected chi connectivity index (χ3v) is 15.1. The first-order valence-corrected chi connectivity index (χ1v) is 32.6. The van der Waals surface area contributed by atoms with Gasteiger partial charge in [0.15, 0.2) is 0 Å². The number of hydrogen-bond acceptors (Lipinski definition) is 7. The van der Waals surface area contributed by atoms with Crippen molar-refractivity contribution >= 4 is 19.7 Å². The molecule has 0 aromatic heterocycles. The fourth-order valence-corrected chi connectivity index (χ4v) is 10.0. The third-order valence-electron chi connectivity index (χ3n) is 14.1. The van der Waals surface area contributed by atoms with Crippen molar-refractivity contribution < 1.29 is 37.3 Å². The minimum Gasteiger partial charge on any atom is -0.756 e. The van der Waals surface area contributed by atoms with Crippen LogP contribution in [0.5, 0.6) is 0 Å². The molecule has 3 unspecified atom stereocenters. The Bertz CT molecular complexity index is 1290. The first kappa shape index (κ1) is 70.5. The van der Waals surface area contributed by atoms with Gasteiger partial charge in [0.2, 0.25) is 5.91 Å². The number of phosphoric acid groups is 1. The summed E-state index contributed by atoms with van der Waals surface area (Å²) in [5.74, 6) is -0.527. The molecular formula is C62H121N2O7P. The molecule has 9 nitrogen and oxygen atoms in total. The van der Waals surface area contributed by atoms with Crippen LogP contribution < -0.4 is 10.2 Å². The van der Waals surface area contributed by atoms with Crippen LogP contribution in [0.25, 0.3) is 0 Å². The fourth-order valence-electron chi connectivity index (χ4n) is 9.28. The number of likely N-dealkylation sites (N-methyl/N-ethyl adjacent to an activating group) is 1. The maximum atomic E-state index is 13.5. The molecule has 0 saturated carbocycles. The summed E-state index contributed by atoms with van der Waals surface area (Å²) >= 11 is 0. The van der Waals surface area contributed by atoms with Gasteiger partial charge in [-0.1, -0.05) is 264 Å². The van der Waals surface area contributed by atoms with Crippen LogP contribution in [-0.4, -0.2) is 69.4 Å². The highest BCUT2D eigenvalue weighted by molar-refractivity contribution is 7.45. The molecule has 0 aromatic rings. The van der Waals surface area contributed by atoms with E-state index in [9.17, 15) is 19.0 Å². The van der Waals surface area contributed by atoms with Crippen LogP contribution in [0.15, 0.2) is 24.3 Å². The number of rotatable bonds is 57. The molecule has 10 heteroatoms. The molecule has 0 spiro atoms. The van der Waals surface area contributed by atoms with Crippen molar-refractivity contribution in [2.75, 3.05) is 40.9 Å². The predicted octanol–water partition coefficient (Wildman–Crippen LogP) is 18.3. The minimum absolute atomic E-state index is 0.0189. The molecule has 0 aliphatic rings. The number of carbonyl (C=O) groups excluding carboxylic acids is 2. The Hall–Kier alpha value is -1.51. The highest BCUT2D eigenvalue weighted by atomic mass is 31.2. The Labute approximate surface area is 447 Å². The standard InChI is InChI=1S/C62H121N2O7P/c1-7-10-13-16-19-22-25-28-30-31-32-33-34-37-40-43-46-49-52-55-62(66)71-60(53-50-47-44-41-38-35-27-24-21-18-15-12-9-3)59(58-70-72(67,68)69-57-56-64(4,5)6)63-61(65)54-51-48-45-42-39-36-29-26-23-20-17-14-11-8-2/h28,30,50,53,59-60H,7-27,29,31-49,51-52,54-58H2,1-6H3,(H-,63,65,67,68)/b30-28+,53-50+. The number of quaternary nitrogens is 1. The summed E-state index contributed by atoms with van der Waals surface area (Å²) in [6, 6.07) is -0.882. The molecule has 72 heavy (non-hydrogen) atoms. The van der Waals surface area contributed by atoms with E-state index in [0.717, 1.165) is 57.8 Å². The van der Waals surface area contributed by atoms with Gasteiger partial charge in [0, 0.05) is 12.8 Å². The molecule has 0 aromatic carbocycles. The number of ether oxygens (including phenoxy) is 1. The Morgan fingerprint density at radius 2 is 0.806 bits per heavy atom. The number of allylic oxidation sites excluding steroid dienone is 3. The second-order valence-electron chi connectivity index (χ2n) is 22.6. The first-order valence-electron chi connectivity index (χ1n) is 31.1. The Balaban J connectivity index is 5.25. The number of phosphoric ester groups is 1. The maximum absolute atomic E-state index is 13.5. The molecule has 426 valence electrons. The van der Waals surface area contributed by atoms with Gasteiger partial charge in [0.1, 0.15) is 19.3 Å². The monoisotopic (exact) mass is 1040 g/mol. The smallest absolute Gasteiger partial charge is 0.306 e. The number of amides is 1. The van der Waals surface area contributed by atoms with E-state index in [4.69, 9.17) is 13.8 Å².